The zero-order valence-electron chi connectivity index (χ0n) is 16.8. The molecule has 2 aromatic carbocycles. The van der Waals surface area contributed by atoms with Crippen molar-refractivity contribution in [2.45, 2.75) is 17.9 Å². The Labute approximate surface area is 180 Å². The van der Waals surface area contributed by atoms with E-state index < -0.39 is 15.9 Å². The van der Waals surface area contributed by atoms with E-state index in [1.807, 2.05) is 18.2 Å². The molecule has 1 aromatic heterocycles. The van der Waals surface area contributed by atoms with Crippen LogP contribution in [0.2, 0.25) is 0 Å². The standard InChI is InChI=1S/C22H21N3O5S/c1-29-18-11-17(13-23-14-18)25-31(27,28)21-5-3-2-4-19(21)22(26)24-12-15-6-7-20-16(10-15)8-9-30-20/h2-7,10-11,13-14,25H,8-9,12H2,1H3,(H,24,26). The zero-order valence-corrected chi connectivity index (χ0v) is 17.6. The minimum Gasteiger partial charge on any atom is -0.495 e. The summed E-state index contributed by atoms with van der Waals surface area (Å²) >= 11 is 0. The first-order valence-electron chi connectivity index (χ1n) is 9.60. The van der Waals surface area contributed by atoms with Crippen LogP contribution in [0.4, 0.5) is 5.69 Å². The molecule has 0 spiro atoms. The predicted molar refractivity (Wildman–Crippen MR) is 115 cm³/mol. The highest BCUT2D eigenvalue weighted by Gasteiger charge is 2.22. The molecule has 0 bridgehead atoms. The number of ether oxygens (including phenoxy) is 2. The van der Waals surface area contributed by atoms with Gasteiger partial charge in [-0.1, -0.05) is 24.3 Å². The molecule has 2 N–H and O–H groups in total. The first-order valence-corrected chi connectivity index (χ1v) is 11.1. The summed E-state index contributed by atoms with van der Waals surface area (Å²) < 4.78 is 38.9. The summed E-state index contributed by atoms with van der Waals surface area (Å²) in [5.74, 6) is 0.789. The molecule has 1 amide bonds. The molecule has 2 heterocycles. The molecule has 0 saturated carbocycles. The normalized spacial score (nSPS) is 12.5. The van der Waals surface area contributed by atoms with Gasteiger partial charge in [0.05, 0.1) is 37.4 Å². The second-order valence-electron chi connectivity index (χ2n) is 6.94. The van der Waals surface area contributed by atoms with Gasteiger partial charge in [-0.25, -0.2) is 8.42 Å². The van der Waals surface area contributed by atoms with Crippen molar-refractivity contribution in [1.29, 1.82) is 0 Å². The largest absolute Gasteiger partial charge is 0.495 e. The third-order valence-corrected chi connectivity index (χ3v) is 6.27. The third kappa shape index (κ3) is 4.61. The summed E-state index contributed by atoms with van der Waals surface area (Å²) in [5, 5.41) is 2.80. The van der Waals surface area contributed by atoms with Crippen LogP contribution in [0.15, 0.2) is 65.8 Å². The molecule has 4 rings (SSSR count). The highest BCUT2D eigenvalue weighted by atomic mass is 32.2. The van der Waals surface area contributed by atoms with Gasteiger partial charge >= 0.3 is 0 Å². The number of sulfonamides is 1. The first-order chi connectivity index (χ1) is 15.0. The van der Waals surface area contributed by atoms with Gasteiger partial charge < -0.3 is 14.8 Å². The van der Waals surface area contributed by atoms with Crippen LogP contribution >= 0.6 is 0 Å². The van der Waals surface area contributed by atoms with Gasteiger partial charge in [0, 0.05) is 19.0 Å². The van der Waals surface area contributed by atoms with Crippen molar-refractivity contribution in [3.8, 4) is 11.5 Å². The van der Waals surface area contributed by atoms with Gasteiger partial charge in [-0.3, -0.25) is 14.5 Å². The Morgan fingerprint density at radius 3 is 2.84 bits per heavy atom. The molecule has 0 fully saturated rings. The SMILES string of the molecule is COc1cncc(NS(=O)(=O)c2ccccc2C(=O)NCc2ccc3c(c2)CCO3)c1. The summed E-state index contributed by atoms with van der Waals surface area (Å²) in [5.41, 5.74) is 2.30. The van der Waals surface area contributed by atoms with Gasteiger partial charge in [-0.05, 0) is 29.3 Å². The van der Waals surface area contributed by atoms with Crippen LogP contribution < -0.4 is 19.5 Å². The number of methoxy groups -OCH3 is 1. The van der Waals surface area contributed by atoms with E-state index in [1.165, 1.54) is 37.7 Å². The Morgan fingerprint density at radius 1 is 1.16 bits per heavy atom. The van der Waals surface area contributed by atoms with Crippen molar-refractivity contribution >= 4 is 21.6 Å². The maximum atomic E-state index is 13.0. The molecule has 31 heavy (non-hydrogen) atoms. The van der Waals surface area contributed by atoms with Crippen LogP contribution in [0, 0.1) is 0 Å². The second kappa shape index (κ2) is 8.65. The van der Waals surface area contributed by atoms with Crippen molar-refractivity contribution in [2.24, 2.45) is 0 Å². The molecule has 0 saturated heterocycles. The van der Waals surface area contributed by atoms with E-state index in [2.05, 4.69) is 15.0 Å². The number of anilines is 1. The molecule has 160 valence electrons. The van der Waals surface area contributed by atoms with E-state index in [9.17, 15) is 13.2 Å². The van der Waals surface area contributed by atoms with Gasteiger partial charge in [0.2, 0.25) is 0 Å². The molecular formula is C22H21N3O5S. The molecular weight excluding hydrogens is 418 g/mol. The molecule has 1 aliphatic heterocycles. The van der Waals surface area contributed by atoms with E-state index in [4.69, 9.17) is 9.47 Å². The van der Waals surface area contributed by atoms with Crippen molar-refractivity contribution in [3.05, 3.63) is 77.6 Å². The minimum absolute atomic E-state index is 0.0512. The van der Waals surface area contributed by atoms with E-state index in [-0.39, 0.29) is 22.7 Å². The van der Waals surface area contributed by atoms with E-state index in [0.29, 0.717) is 12.4 Å². The lowest BCUT2D eigenvalue weighted by atomic mass is 10.1. The number of carbonyl (C=O) groups is 1. The van der Waals surface area contributed by atoms with Gasteiger partial charge in [0.25, 0.3) is 15.9 Å². The Hall–Kier alpha value is -3.59. The molecule has 0 aliphatic carbocycles. The average molecular weight is 439 g/mol. The van der Waals surface area contributed by atoms with Gasteiger partial charge in [0.15, 0.2) is 0 Å². The molecule has 3 aromatic rings. The molecule has 0 radical (unpaired) electrons. The Balaban J connectivity index is 1.52. The molecule has 8 nitrogen and oxygen atoms in total. The number of rotatable bonds is 7. The molecule has 0 unspecified atom stereocenters. The van der Waals surface area contributed by atoms with Crippen LogP contribution in [0.3, 0.4) is 0 Å². The number of amides is 1. The van der Waals surface area contributed by atoms with E-state index in [1.54, 1.807) is 12.1 Å². The van der Waals surface area contributed by atoms with E-state index >= 15 is 0 Å². The number of nitrogens with one attached hydrogen (secondary N) is 2. The number of nitrogens with zero attached hydrogens (tertiary/aromatic N) is 1. The van der Waals surface area contributed by atoms with Crippen molar-refractivity contribution in [1.82, 2.24) is 10.3 Å². The third-order valence-electron chi connectivity index (χ3n) is 4.83. The fourth-order valence-electron chi connectivity index (χ4n) is 3.31. The molecule has 1 aliphatic rings. The molecule has 9 heteroatoms. The first kappa shape index (κ1) is 20.7. The lowest BCUT2D eigenvalue weighted by Gasteiger charge is -2.13. The highest BCUT2D eigenvalue weighted by Crippen LogP contribution is 2.26. The minimum atomic E-state index is -4.03. The van der Waals surface area contributed by atoms with Crippen LogP contribution in [0.5, 0.6) is 11.5 Å². The predicted octanol–water partition coefficient (Wildman–Crippen LogP) is 2.76. The fourth-order valence-corrected chi connectivity index (χ4v) is 4.55. The number of aromatic nitrogens is 1. The topological polar surface area (TPSA) is 107 Å². The van der Waals surface area contributed by atoms with E-state index in [0.717, 1.165) is 23.3 Å². The van der Waals surface area contributed by atoms with Crippen LogP contribution in [0.1, 0.15) is 21.5 Å². The maximum Gasteiger partial charge on any atom is 0.262 e. The average Bonchev–Trinajstić information content (AvgIpc) is 3.25. The number of hydrogen-bond acceptors (Lipinski definition) is 6. The summed E-state index contributed by atoms with van der Waals surface area (Å²) in [7, 11) is -2.57. The van der Waals surface area contributed by atoms with Gasteiger partial charge in [-0.2, -0.15) is 0 Å². The highest BCUT2D eigenvalue weighted by molar-refractivity contribution is 7.92. The summed E-state index contributed by atoms with van der Waals surface area (Å²) in [4.78, 5) is 16.6. The quantitative estimate of drug-likeness (QED) is 0.586. The summed E-state index contributed by atoms with van der Waals surface area (Å²) in [6.07, 6.45) is 3.66. The molecule has 0 atom stereocenters. The Kier molecular flexibility index (Phi) is 5.77. The second-order valence-corrected chi connectivity index (χ2v) is 8.59. The lowest BCUT2D eigenvalue weighted by Crippen LogP contribution is -2.26. The number of benzene rings is 2. The van der Waals surface area contributed by atoms with Crippen LogP contribution in [-0.4, -0.2) is 33.0 Å². The van der Waals surface area contributed by atoms with Crippen LogP contribution in [-0.2, 0) is 23.0 Å². The number of hydrogen-bond donors (Lipinski definition) is 2. The maximum absolute atomic E-state index is 13.0. The number of pyridine rings is 1. The summed E-state index contributed by atoms with van der Waals surface area (Å²) in [6, 6.07) is 13.3. The number of carbonyl (C=O) groups excluding carboxylic acids is 1. The van der Waals surface area contributed by atoms with Gasteiger partial charge in [-0.15, -0.1) is 0 Å². The smallest absolute Gasteiger partial charge is 0.262 e. The van der Waals surface area contributed by atoms with Crippen molar-refractivity contribution in [2.75, 3.05) is 18.4 Å². The summed E-state index contributed by atoms with van der Waals surface area (Å²) in [6.45, 7) is 0.930. The van der Waals surface area contributed by atoms with Crippen molar-refractivity contribution in [3.63, 3.8) is 0 Å². The Morgan fingerprint density at radius 2 is 2.00 bits per heavy atom. The van der Waals surface area contributed by atoms with Crippen LogP contribution in [0.25, 0.3) is 0 Å². The fraction of sp³-hybridized carbons (Fsp3) is 0.182. The monoisotopic (exact) mass is 439 g/mol. The van der Waals surface area contributed by atoms with Crippen molar-refractivity contribution < 1.29 is 22.7 Å². The lowest BCUT2D eigenvalue weighted by molar-refractivity contribution is 0.0947. The zero-order chi connectivity index (χ0) is 21.8. The number of fused-ring (bicyclic) bond motifs is 1. The van der Waals surface area contributed by atoms with Gasteiger partial charge in [0.1, 0.15) is 16.4 Å². The Bertz CT molecular complexity index is 1230.